The number of hydrogen-bond donors (Lipinski definition) is 0. The Labute approximate surface area is 116 Å². The summed E-state index contributed by atoms with van der Waals surface area (Å²) in [5.74, 6) is 1.03. The van der Waals surface area contributed by atoms with Gasteiger partial charge in [0, 0.05) is 20.6 Å². The molecule has 0 bridgehead atoms. The molecule has 1 rings (SSSR count). The van der Waals surface area contributed by atoms with Gasteiger partial charge in [-0.05, 0) is 38.1 Å². The summed E-state index contributed by atoms with van der Waals surface area (Å²) in [6.45, 7) is 5.82. The van der Waals surface area contributed by atoms with E-state index in [-0.39, 0.29) is 5.91 Å². The molecular weight excluding hydrogens is 240 g/mol. The summed E-state index contributed by atoms with van der Waals surface area (Å²) in [6, 6.07) is 6.17. The molecule has 0 aliphatic carbocycles. The summed E-state index contributed by atoms with van der Waals surface area (Å²) < 4.78 is 5.76. The highest BCUT2D eigenvalue weighted by atomic mass is 16.5. The number of benzene rings is 1. The van der Waals surface area contributed by atoms with Crippen LogP contribution >= 0.6 is 0 Å². The van der Waals surface area contributed by atoms with Crippen LogP contribution in [-0.4, -0.2) is 56.5 Å². The van der Waals surface area contributed by atoms with Gasteiger partial charge in [0.15, 0.2) is 0 Å². The van der Waals surface area contributed by atoms with Gasteiger partial charge in [0.05, 0.1) is 6.54 Å². The molecule has 0 atom stereocenters. The van der Waals surface area contributed by atoms with Crippen molar-refractivity contribution in [2.75, 3.05) is 40.8 Å². The lowest BCUT2D eigenvalue weighted by Crippen LogP contribution is -2.36. The SMILES string of the molecule is Cc1ccc(C)c(OCCN(C)CC(=O)N(C)C)c1. The Hall–Kier alpha value is -1.55. The van der Waals surface area contributed by atoms with Crippen LogP contribution in [0.25, 0.3) is 0 Å². The number of likely N-dealkylation sites (N-methyl/N-ethyl adjacent to an activating group) is 2. The van der Waals surface area contributed by atoms with Crippen LogP contribution in [0.3, 0.4) is 0 Å². The van der Waals surface area contributed by atoms with Crippen LogP contribution in [0.15, 0.2) is 18.2 Å². The summed E-state index contributed by atoms with van der Waals surface area (Å²) in [5.41, 5.74) is 2.33. The van der Waals surface area contributed by atoms with Gasteiger partial charge in [-0.25, -0.2) is 0 Å². The number of nitrogens with zero attached hydrogens (tertiary/aromatic N) is 2. The van der Waals surface area contributed by atoms with Gasteiger partial charge in [-0.2, -0.15) is 0 Å². The van der Waals surface area contributed by atoms with E-state index >= 15 is 0 Å². The van der Waals surface area contributed by atoms with Crippen LogP contribution in [0.4, 0.5) is 0 Å². The van der Waals surface area contributed by atoms with E-state index in [4.69, 9.17) is 4.74 Å². The number of ether oxygens (including phenoxy) is 1. The summed E-state index contributed by atoms with van der Waals surface area (Å²) in [5, 5.41) is 0. The predicted molar refractivity (Wildman–Crippen MR) is 77.6 cm³/mol. The van der Waals surface area contributed by atoms with Gasteiger partial charge in [-0.1, -0.05) is 12.1 Å². The zero-order chi connectivity index (χ0) is 14.4. The Bertz CT molecular complexity index is 430. The minimum Gasteiger partial charge on any atom is -0.492 e. The largest absolute Gasteiger partial charge is 0.492 e. The molecular formula is C15H24N2O2. The maximum atomic E-state index is 11.5. The molecule has 0 saturated carbocycles. The molecule has 0 aromatic heterocycles. The van der Waals surface area contributed by atoms with Gasteiger partial charge >= 0.3 is 0 Å². The molecule has 4 nitrogen and oxygen atoms in total. The highest BCUT2D eigenvalue weighted by molar-refractivity contribution is 5.77. The lowest BCUT2D eigenvalue weighted by Gasteiger charge is -2.19. The molecule has 19 heavy (non-hydrogen) atoms. The van der Waals surface area contributed by atoms with E-state index in [9.17, 15) is 4.79 Å². The van der Waals surface area contributed by atoms with E-state index in [2.05, 4.69) is 12.1 Å². The predicted octanol–water partition coefficient (Wildman–Crippen LogP) is 1.70. The first-order valence-corrected chi connectivity index (χ1v) is 6.49. The van der Waals surface area contributed by atoms with Crippen molar-refractivity contribution in [2.24, 2.45) is 0 Å². The molecule has 0 saturated heterocycles. The highest BCUT2D eigenvalue weighted by Gasteiger charge is 2.08. The monoisotopic (exact) mass is 264 g/mol. The maximum absolute atomic E-state index is 11.5. The Morgan fingerprint density at radius 1 is 1.21 bits per heavy atom. The Morgan fingerprint density at radius 3 is 2.53 bits per heavy atom. The topological polar surface area (TPSA) is 32.8 Å². The molecule has 0 spiro atoms. The number of carbonyl (C=O) groups is 1. The third kappa shape index (κ3) is 5.30. The van der Waals surface area contributed by atoms with Gasteiger partial charge in [0.25, 0.3) is 0 Å². The zero-order valence-corrected chi connectivity index (χ0v) is 12.6. The number of aryl methyl sites for hydroxylation is 2. The standard InChI is InChI=1S/C15H24N2O2/c1-12-6-7-13(2)14(10-12)19-9-8-17(5)11-15(18)16(3)4/h6-7,10H,8-9,11H2,1-5H3. The van der Waals surface area contributed by atoms with Crippen molar-refractivity contribution in [3.05, 3.63) is 29.3 Å². The van der Waals surface area contributed by atoms with Crippen molar-refractivity contribution in [2.45, 2.75) is 13.8 Å². The van der Waals surface area contributed by atoms with Crippen LogP contribution < -0.4 is 4.74 Å². The smallest absolute Gasteiger partial charge is 0.236 e. The molecule has 0 unspecified atom stereocenters. The van der Waals surface area contributed by atoms with E-state index in [0.29, 0.717) is 13.2 Å². The average molecular weight is 264 g/mol. The second-order valence-corrected chi connectivity index (χ2v) is 5.14. The van der Waals surface area contributed by atoms with E-state index in [0.717, 1.165) is 17.9 Å². The van der Waals surface area contributed by atoms with Crippen LogP contribution in [0.2, 0.25) is 0 Å². The van der Waals surface area contributed by atoms with Crippen molar-refractivity contribution in [3.8, 4) is 5.75 Å². The van der Waals surface area contributed by atoms with Crippen molar-refractivity contribution in [3.63, 3.8) is 0 Å². The number of hydrogen-bond acceptors (Lipinski definition) is 3. The summed E-state index contributed by atoms with van der Waals surface area (Å²) in [7, 11) is 5.46. The van der Waals surface area contributed by atoms with Gasteiger partial charge in [0.2, 0.25) is 5.91 Å². The van der Waals surface area contributed by atoms with Crippen LogP contribution in [0.1, 0.15) is 11.1 Å². The lowest BCUT2D eigenvalue weighted by atomic mass is 10.1. The number of rotatable bonds is 6. The summed E-state index contributed by atoms with van der Waals surface area (Å²) in [6.07, 6.45) is 0. The van der Waals surface area contributed by atoms with Crippen molar-refractivity contribution in [1.82, 2.24) is 9.80 Å². The normalized spacial score (nSPS) is 10.6. The first kappa shape index (κ1) is 15.5. The molecule has 0 fully saturated rings. The first-order chi connectivity index (χ1) is 8.90. The minimum absolute atomic E-state index is 0.106. The second-order valence-electron chi connectivity index (χ2n) is 5.14. The van der Waals surface area contributed by atoms with Gasteiger partial charge < -0.3 is 9.64 Å². The zero-order valence-electron chi connectivity index (χ0n) is 12.6. The Kier molecular flexibility index (Phi) is 5.83. The van der Waals surface area contributed by atoms with E-state index < -0.39 is 0 Å². The average Bonchev–Trinajstić information content (AvgIpc) is 2.33. The van der Waals surface area contributed by atoms with Gasteiger partial charge in [0.1, 0.15) is 12.4 Å². The number of amides is 1. The summed E-state index contributed by atoms with van der Waals surface area (Å²) in [4.78, 5) is 15.1. The fourth-order valence-electron chi connectivity index (χ4n) is 1.63. The molecule has 1 amide bonds. The summed E-state index contributed by atoms with van der Waals surface area (Å²) >= 11 is 0. The van der Waals surface area contributed by atoms with Crippen LogP contribution in [0, 0.1) is 13.8 Å². The Balaban J connectivity index is 2.37. The second kappa shape index (κ2) is 7.14. The van der Waals surface area contributed by atoms with Gasteiger partial charge in [-0.15, -0.1) is 0 Å². The quantitative estimate of drug-likeness (QED) is 0.784. The van der Waals surface area contributed by atoms with Crippen molar-refractivity contribution < 1.29 is 9.53 Å². The van der Waals surface area contributed by atoms with E-state index in [1.165, 1.54) is 5.56 Å². The lowest BCUT2D eigenvalue weighted by molar-refractivity contribution is -0.129. The van der Waals surface area contributed by atoms with Gasteiger partial charge in [-0.3, -0.25) is 9.69 Å². The molecule has 0 aliphatic rings. The third-order valence-electron chi connectivity index (χ3n) is 2.98. The minimum atomic E-state index is 0.106. The molecule has 106 valence electrons. The van der Waals surface area contributed by atoms with Crippen molar-refractivity contribution in [1.29, 1.82) is 0 Å². The molecule has 0 radical (unpaired) electrons. The maximum Gasteiger partial charge on any atom is 0.236 e. The van der Waals surface area contributed by atoms with Crippen LogP contribution in [-0.2, 0) is 4.79 Å². The molecule has 1 aromatic rings. The van der Waals surface area contributed by atoms with E-state index in [1.54, 1.807) is 19.0 Å². The van der Waals surface area contributed by atoms with Crippen molar-refractivity contribution >= 4 is 5.91 Å². The molecule has 0 N–H and O–H groups in total. The fourth-order valence-corrected chi connectivity index (χ4v) is 1.63. The Morgan fingerprint density at radius 2 is 1.89 bits per heavy atom. The molecule has 0 aliphatic heterocycles. The molecule has 4 heteroatoms. The van der Waals surface area contributed by atoms with E-state index in [1.807, 2.05) is 31.9 Å². The molecule has 1 aromatic carbocycles. The third-order valence-corrected chi connectivity index (χ3v) is 2.98. The highest BCUT2D eigenvalue weighted by Crippen LogP contribution is 2.18. The fraction of sp³-hybridized carbons (Fsp3) is 0.533. The molecule has 0 heterocycles. The number of carbonyl (C=O) groups excluding carboxylic acids is 1. The first-order valence-electron chi connectivity index (χ1n) is 6.49. The van der Waals surface area contributed by atoms with Crippen LogP contribution in [0.5, 0.6) is 5.75 Å².